The molecule has 2 fully saturated rings. The van der Waals surface area contributed by atoms with Gasteiger partial charge in [-0.1, -0.05) is 17.7 Å². The van der Waals surface area contributed by atoms with Gasteiger partial charge in [0.05, 0.1) is 6.54 Å². The second-order valence-electron chi connectivity index (χ2n) is 7.85. The Labute approximate surface area is 145 Å². The van der Waals surface area contributed by atoms with E-state index < -0.39 is 5.97 Å². The minimum Gasteiger partial charge on any atom is -0.480 e. The van der Waals surface area contributed by atoms with Gasteiger partial charge in [-0.15, -0.1) is 0 Å². The van der Waals surface area contributed by atoms with Gasteiger partial charge in [-0.3, -0.25) is 9.69 Å². The van der Waals surface area contributed by atoms with Crippen LogP contribution in [-0.4, -0.2) is 41.1 Å². The standard InChI is InChI=1S/C20H30N2O2/c1-13-6-14(2)19(15(3)7-13)10-21-17-8-18(9-17)22(12-20(23)24)11-16-4-5-16/h6-7,16-18,21H,4-5,8-12H2,1-3H3,(H,23,24). The molecule has 2 saturated carbocycles. The molecule has 0 atom stereocenters. The van der Waals surface area contributed by atoms with Crippen molar-refractivity contribution < 1.29 is 9.90 Å². The van der Waals surface area contributed by atoms with Gasteiger partial charge in [0.2, 0.25) is 0 Å². The normalized spacial score (nSPS) is 23.3. The molecule has 1 aromatic rings. The van der Waals surface area contributed by atoms with Crippen LogP contribution in [0.4, 0.5) is 0 Å². The first kappa shape index (κ1) is 17.4. The molecule has 0 aromatic heterocycles. The van der Waals surface area contributed by atoms with Gasteiger partial charge in [0.25, 0.3) is 0 Å². The first-order valence-electron chi connectivity index (χ1n) is 9.18. The lowest BCUT2D eigenvalue weighted by atomic mass is 9.84. The van der Waals surface area contributed by atoms with Gasteiger partial charge in [0.1, 0.15) is 0 Å². The minimum atomic E-state index is -0.696. The summed E-state index contributed by atoms with van der Waals surface area (Å²) >= 11 is 0. The van der Waals surface area contributed by atoms with Crippen LogP contribution in [0.5, 0.6) is 0 Å². The summed E-state index contributed by atoms with van der Waals surface area (Å²) in [5.74, 6) is 0.0483. The largest absolute Gasteiger partial charge is 0.480 e. The van der Waals surface area contributed by atoms with Crippen LogP contribution < -0.4 is 5.32 Å². The van der Waals surface area contributed by atoms with E-state index in [2.05, 4.69) is 43.1 Å². The highest BCUT2D eigenvalue weighted by Crippen LogP contribution is 2.34. The van der Waals surface area contributed by atoms with Crippen LogP contribution in [-0.2, 0) is 11.3 Å². The van der Waals surface area contributed by atoms with E-state index in [1.807, 2.05) is 0 Å². The molecule has 0 radical (unpaired) electrons. The third-order valence-electron chi connectivity index (χ3n) is 5.57. The van der Waals surface area contributed by atoms with Crippen LogP contribution in [0, 0.1) is 26.7 Å². The average molecular weight is 330 g/mol. The Bertz CT molecular complexity index is 581. The van der Waals surface area contributed by atoms with E-state index >= 15 is 0 Å². The second-order valence-corrected chi connectivity index (χ2v) is 7.85. The van der Waals surface area contributed by atoms with Gasteiger partial charge < -0.3 is 10.4 Å². The smallest absolute Gasteiger partial charge is 0.317 e. The zero-order valence-corrected chi connectivity index (χ0v) is 15.1. The molecule has 0 unspecified atom stereocenters. The summed E-state index contributed by atoms with van der Waals surface area (Å²) in [6.07, 6.45) is 4.70. The molecule has 0 bridgehead atoms. The van der Waals surface area contributed by atoms with Gasteiger partial charge in [-0.25, -0.2) is 0 Å². The summed E-state index contributed by atoms with van der Waals surface area (Å²) in [5.41, 5.74) is 5.44. The predicted octanol–water partition coefficient (Wildman–Crippen LogP) is 3.03. The van der Waals surface area contributed by atoms with E-state index in [4.69, 9.17) is 5.11 Å². The highest BCUT2D eigenvalue weighted by Gasteiger charge is 2.36. The third-order valence-corrected chi connectivity index (χ3v) is 5.57. The molecule has 2 aliphatic carbocycles. The first-order chi connectivity index (χ1) is 11.4. The summed E-state index contributed by atoms with van der Waals surface area (Å²) in [5, 5.41) is 12.8. The summed E-state index contributed by atoms with van der Waals surface area (Å²) in [6, 6.07) is 5.46. The molecule has 4 heteroatoms. The molecule has 3 rings (SSSR count). The van der Waals surface area contributed by atoms with E-state index in [0.29, 0.717) is 12.1 Å². The Morgan fingerprint density at radius 3 is 2.38 bits per heavy atom. The van der Waals surface area contributed by atoms with Gasteiger partial charge in [-0.05, 0) is 69.1 Å². The van der Waals surface area contributed by atoms with Gasteiger partial charge >= 0.3 is 5.97 Å². The van der Waals surface area contributed by atoms with Crippen LogP contribution in [0.2, 0.25) is 0 Å². The van der Waals surface area contributed by atoms with Gasteiger partial charge in [0.15, 0.2) is 0 Å². The van der Waals surface area contributed by atoms with Crippen molar-refractivity contribution in [2.75, 3.05) is 13.1 Å². The molecule has 0 heterocycles. The molecule has 2 N–H and O–H groups in total. The summed E-state index contributed by atoms with van der Waals surface area (Å²) in [4.78, 5) is 13.3. The number of carboxylic acids is 1. The van der Waals surface area contributed by atoms with Crippen molar-refractivity contribution in [3.63, 3.8) is 0 Å². The van der Waals surface area contributed by atoms with Crippen molar-refractivity contribution in [3.8, 4) is 0 Å². The number of nitrogens with zero attached hydrogens (tertiary/aromatic N) is 1. The quantitative estimate of drug-likeness (QED) is 0.769. The van der Waals surface area contributed by atoms with E-state index in [1.54, 1.807) is 0 Å². The number of hydrogen-bond acceptors (Lipinski definition) is 3. The predicted molar refractivity (Wildman–Crippen MR) is 96.2 cm³/mol. The molecule has 0 spiro atoms. The van der Waals surface area contributed by atoms with Crippen LogP contribution in [0.3, 0.4) is 0 Å². The van der Waals surface area contributed by atoms with E-state index in [0.717, 1.165) is 31.8 Å². The number of carboxylic acid groups (broad SMARTS) is 1. The molecular formula is C20H30N2O2. The van der Waals surface area contributed by atoms with E-state index in [9.17, 15) is 4.79 Å². The molecule has 0 saturated heterocycles. The SMILES string of the molecule is Cc1cc(C)c(CNC2CC(N(CC(=O)O)CC3CC3)C2)c(C)c1. The highest BCUT2D eigenvalue weighted by atomic mass is 16.4. The average Bonchev–Trinajstić information content (AvgIpc) is 3.22. The fourth-order valence-electron chi connectivity index (χ4n) is 3.94. The second kappa shape index (κ2) is 7.24. The first-order valence-corrected chi connectivity index (χ1v) is 9.18. The van der Waals surface area contributed by atoms with Gasteiger partial charge in [-0.2, -0.15) is 0 Å². The highest BCUT2D eigenvalue weighted by molar-refractivity contribution is 5.69. The van der Waals surface area contributed by atoms with Crippen molar-refractivity contribution in [1.82, 2.24) is 10.2 Å². The molecule has 0 aliphatic heterocycles. The van der Waals surface area contributed by atoms with E-state index in [1.165, 1.54) is 35.1 Å². The third kappa shape index (κ3) is 4.37. The van der Waals surface area contributed by atoms with E-state index in [-0.39, 0.29) is 6.54 Å². The Morgan fingerprint density at radius 2 is 1.83 bits per heavy atom. The minimum absolute atomic E-state index is 0.198. The van der Waals surface area contributed by atoms with Crippen molar-refractivity contribution in [2.45, 2.75) is 65.1 Å². The molecule has 24 heavy (non-hydrogen) atoms. The maximum atomic E-state index is 11.1. The lowest BCUT2D eigenvalue weighted by Crippen LogP contribution is -2.54. The number of hydrogen-bond donors (Lipinski definition) is 2. The van der Waals surface area contributed by atoms with Crippen LogP contribution >= 0.6 is 0 Å². The summed E-state index contributed by atoms with van der Waals surface area (Å²) < 4.78 is 0. The molecule has 2 aliphatic rings. The fourth-order valence-corrected chi connectivity index (χ4v) is 3.94. The van der Waals surface area contributed by atoms with Gasteiger partial charge in [0, 0.05) is 25.2 Å². The maximum absolute atomic E-state index is 11.1. The number of carbonyl (C=O) groups is 1. The Kier molecular flexibility index (Phi) is 5.26. The molecular weight excluding hydrogens is 300 g/mol. The maximum Gasteiger partial charge on any atom is 0.317 e. The van der Waals surface area contributed by atoms with Crippen molar-refractivity contribution in [2.24, 2.45) is 5.92 Å². The monoisotopic (exact) mass is 330 g/mol. The zero-order chi connectivity index (χ0) is 17.3. The Hall–Kier alpha value is -1.39. The van der Waals surface area contributed by atoms with Crippen molar-refractivity contribution in [1.29, 1.82) is 0 Å². The molecule has 132 valence electrons. The molecule has 4 nitrogen and oxygen atoms in total. The summed E-state index contributed by atoms with van der Waals surface area (Å²) in [6.45, 7) is 8.60. The Balaban J connectivity index is 1.48. The zero-order valence-electron chi connectivity index (χ0n) is 15.1. The van der Waals surface area contributed by atoms with Crippen molar-refractivity contribution in [3.05, 3.63) is 34.4 Å². The number of benzene rings is 1. The van der Waals surface area contributed by atoms with Crippen molar-refractivity contribution >= 4 is 5.97 Å². The number of rotatable bonds is 8. The molecule has 0 amide bonds. The molecule has 1 aromatic carbocycles. The number of nitrogens with one attached hydrogen (secondary N) is 1. The van der Waals surface area contributed by atoms with Crippen LogP contribution in [0.15, 0.2) is 12.1 Å². The topological polar surface area (TPSA) is 52.6 Å². The Morgan fingerprint density at radius 1 is 1.21 bits per heavy atom. The number of aryl methyl sites for hydroxylation is 3. The van der Waals surface area contributed by atoms with Crippen LogP contribution in [0.1, 0.15) is 47.9 Å². The van der Waals surface area contributed by atoms with Crippen LogP contribution in [0.25, 0.3) is 0 Å². The number of aliphatic carboxylic acids is 1. The summed E-state index contributed by atoms with van der Waals surface area (Å²) in [7, 11) is 0. The lowest BCUT2D eigenvalue weighted by molar-refractivity contribution is -0.139. The lowest BCUT2D eigenvalue weighted by Gasteiger charge is -2.43. The fraction of sp³-hybridized carbons (Fsp3) is 0.650.